The Kier molecular flexibility index (Phi) is 4.31. The molecule has 39 heavy (non-hydrogen) atoms. The standard InChI is InChI=1S/C31H17NS7/c1-12-4-6-15(7-5-12)32-22-16-10-19-17(24-29(36-19)31-30(39-24)26-21(38-31)9-14(3)34-26)11-18(16)35-27(22)28-23(32)25-20(37-28)8-13(2)33-25/h4-11H,1-3H3. The molecule has 0 saturated carbocycles. The van der Waals surface area contributed by atoms with Crippen molar-refractivity contribution in [1.29, 1.82) is 0 Å². The summed E-state index contributed by atoms with van der Waals surface area (Å²) in [7, 11) is 0. The highest BCUT2D eigenvalue weighted by atomic mass is 32.1. The second-order valence-corrected chi connectivity index (χ2v) is 18.0. The van der Waals surface area contributed by atoms with Gasteiger partial charge < -0.3 is 4.57 Å². The summed E-state index contributed by atoms with van der Waals surface area (Å²) in [5, 5.41) is 2.82. The molecule has 0 aliphatic carbocycles. The molecule has 0 aliphatic heterocycles. The lowest BCUT2D eigenvalue weighted by Crippen LogP contribution is -1.93. The quantitative estimate of drug-likeness (QED) is 0.171. The Hall–Kier alpha value is -2.30. The lowest BCUT2D eigenvalue weighted by atomic mass is 10.2. The van der Waals surface area contributed by atoms with Gasteiger partial charge in [-0.15, -0.1) is 79.4 Å². The van der Waals surface area contributed by atoms with Crippen molar-refractivity contribution in [2.75, 3.05) is 0 Å². The van der Waals surface area contributed by atoms with Crippen LogP contribution in [0.1, 0.15) is 15.3 Å². The highest BCUT2D eigenvalue weighted by Gasteiger charge is 2.25. The number of benzene rings is 2. The maximum atomic E-state index is 2.56. The number of fused-ring (bicyclic) bond motifs is 14. The highest BCUT2D eigenvalue weighted by Crippen LogP contribution is 2.54. The molecule has 10 aromatic rings. The fourth-order valence-corrected chi connectivity index (χ4v) is 15.6. The van der Waals surface area contributed by atoms with Crippen molar-refractivity contribution in [3.8, 4) is 5.69 Å². The fraction of sp³-hybridized carbons (Fsp3) is 0.0968. The molecule has 8 heteroatoms. The van der Waals surface area contributed by atoms with Crippen LogP contribution in [0.15, 0.2) is 48.5 Å². The van der Waals surface area contributed by atoms with E-state index in [2.05, 4.69) is 73.9 Å². The molecule has 0 unspecified atom stereocenters. The number of rotatable bonds is 1. The summed E-state index contributed by atoms with van der Waals surface area (Å²) in [4.78, 5) is 2.80. The monoisotopic (exact) mass is 627 g/mol. The molecule has 0 spiro atoms. The van der Waals surface area contributed by atoms with Crippen LogP contribution in [0.4, 0.5) is 0 Å². The molecule has 2 aromatic carbocycles. The Bertz CT molecular complexity index is 2630. The minimum absolute atomic E-state index is 1.26. The summed E-state index contributed by atoms with van der Waals surface area (Å²) >= 11 is 13.8. The van der Waals surface area contributed by atoms with E-state index in [0.717, 1.165) is 0 Å². The zero-order valence-corrected chi connectivity index (χ0v) is 26.6. The molecule has 8 aromatic heterocycles. The molecule has 8 heterocycles. The Morgan fingerprint density at radius 3 is 1.82 bits per heavy atom. The van der Waals surface area contributed by atoms with Crippen molar-refractivity contribution in [3.63, 3.8) is 0 Å². The molecular formula is C31H17NS7. The molecule has 0 amide bonds. The van der Waals surface area contributed by atoms with Gasteiger partial charge in [0.2, 0.25) is 0 Å². The first-order valence-electron chi connectivity index (χ1n) is 12.7. The van der Waals surface area contributed by atoms with E-state index < -0.39 is 0 Å². The van der Waals surface area contributed by atoms with Crippen molar-refractivity contribution < 1.29 is 0 Å². The van der Waals surface area contributed by atoms with Crippen LogP contribution in [0.5, 0.6) is 0 Å². The van der Waals surface area contributed by atoms with Gasteiger partial charge in [-0.25, -0.2) is 0 Å². The Balaban J connectivity index is 1.34. The van der Waals surface area contributed by atoms with Gasteiger partial charge in [0.25, 0.3) is 0 Å². The number of hydrogen-bond acceptors (Lipinski definition) is 7. The minimum atomic E-state index is 1.26. The van der Waals surface area contributed by atoms with Gasteiger partial charge in [-0.3, -0.25) is 0 Å². The van der Waals surface area contributed by atoms with E-state index in [4.69, 9.17) is 0 Å². The van der Waals surface area contributed by atoms with E-state index in [-0.39, 0.29) is 0 Å². The second kappa shape index (κ2) is 7.50. The highest BCUT2D eigenvalue weighted by molar-refractivity contribution is 7.46. The van der Waals surface area contributed by atoms with Crippen LogP contribution in [0, 0.1) is 20.8 Å². The van der Waals surface area contributed by atoms with E-state index in [1.54, 1.807) is 0 Å². The van der Waals surface area contributed by atoms with Gasteiger partial charge in [0.15, 0.2) is 0 Å². The zero-order chi connectivity index (χ0) is 25.7. The average Bonchev–Trinajstić information content (AvgIpc) is 3.73. The molecule has 0 radical (unpaired) electrons. The molecular weight excluding hydrogens is 611 g/mol. The smallest absolute Gasteiger partial charge is 0.0837 e. The number of aromatic nitrogens is 1. The summed E-state index contributed by atoms with van der Waals surface area (Å²) in [6.45, 7) is 6.63. The molecule has 1 nitrogen and oxygen atoms in total. The zero-order valence-electron chi connectivity index (χ0n) is 20.9. The van der Waals surface area contributed by atoms with Crippen molar-refractivity contribution in [1.82, 2.24) is 4.57 Å². The van der Waals surface area contributed by atoms with Crippen molar-refractivity contribution in [2.24, 2.45) is 0 Å². The Labute approximate surface area is 250 Å². The van der Waals surface area contributed by atoms with Gasteiger partial charge >= 0.3 is 0 Å². The maximum absolute atomic E-state index is 2.56. The van der Waals surface area contributed by atoms with Crippen LogP contribution in [-0.4, -0.2) is 4.57 Å². The molecule has 0 atom stereocenters. The summed E-state index contributed by atoms with van der Waals surface area (Å²) in [6.07, 6.45) is 0. The first-order chi connectivity index (χ1) is 19.0. The third-order valence-corrected chi connectivity index (χ3v) is 16.6. The van der Waals surface area contributed by atoms with Crippen LogP contribution >= 0.6 is 79.4 Å². The van der Waals surface area contributed by atoms with Gasteiger partial charge in [-0.05, 0) is 57.2 Å². The van der Waals surface area contributed by atoms with Crippen molar-refractivity contribution >= 4 is 158 Å². The van der Waals surface area contributed by atoms with E-state index in [1.807, 2.05) is 79.4 Å². The third kappa shape index (κ3) is 2.83. The van der Waals surface area contributed by atoms with Gasteiger partial charge in [0, 0.05) is 45.0 Å². The molecule has 0 fully saturated rings. The molecule has 0 bridgehead atoms. The summed E-state index contributed by atoms with van der Waals surface area (Å²) in [5.41, 5.74) is 5.33. The fourth-order valence-electron chi connectivity index (χ4n) is 6.02. The van der Waals surface area contributed by atoms with E-state index in [1.165, 1.54) is 99.2 Å². The average molecular weight is 628 g/mol. The van der Waals surface area contributed by atoms with E-state index in [0.29, 0.717) is 0 Å². The molecule has 0 saturated heterocycles. The minimum Gasteiger partial charge on any atom is -0.305 e. The lowest BCUT2D eigenvalue weighted by molar-refractivity contribution is 1.19. The van der Waals surface area contributed by atoms with Gasteiger partial charge in [-0.2, -0.15) is 0 Å². The largest absolute Gasteiger partial charge is 0.305 e. The van der Waals surface area contributed by atoms with E-state index in [9.17, 15) is 0 Å². The van der Waals surface area contributed by atoms with E-state index >= 15 is 0 Å². The Morgan fingerprint density at radius 1 is 0.436 bits per heavy atom. The maximum Gasteiger partial charge on any atom is 0.0837 e. The van der Waals surface area contributed by atoms with Crippen LogP contribution in [0.3, 0.4) is 0 Å². The molecule has 0 aliphatic rings. The predicted octanol–water partition coefficient (Wildman–Crippen LogP) is 13.1. The first-order valence-corrected chi connectivity index (χ1v) is 18.4. The number of hydrogen-bond donors (Lipinski definition) is 0. The van der Waals surface area contributed by atoms with Gasteiger partial charge in [0.1, 0.15) is 0 Å². The number of nitrogens with zero attached hydrogens (tertiary/aromatic N) is 1. The summed E-state index contributed by atoms with van der Waals surface area (Å²) in [6, 6.07) is 18.8. The summed E-state index contributed by atoms with van der Waals surface area (Å²) < 4.78 is 20.0. The lowest BCUT2D eigenvalue weighted by Gasteiger charge is -2.08. The first kappa shape index (κ1) is 22.4. The molecule has 0 N–H and O–H groups in total. The SMILES string of the molecule is Cc1ccc(-n2c3c4cc5sc6c(sc7c8sc(C)cc8sc76)c5cc4sc3c3sc4cc(C)sc4c32)cc1. The van der Waals surface area contributed by atoms with Crippen molar-refractivity contribution in [3.05, 3.63) is 63.8 Å². The normalized spacial score (nSPS) is 13.0. The predicted molar refractivity (Wildman–Crippen MR) is 185 cm³/mol. The van der Waals surface area contributed by atoms with Crippen LogP contribution in [-0.2, 0) is 0 Å². The topological polar surface area (TPSA) is 4.93 Å². The van der Waals surface area contributed by atoms with Gasteiger partial charge in [0.05, 0.1) is 48.6 Å². The second-order valence-electron chi connectivity index (χ2n) is 10.3. The molecule has 10 rings (SSSR count). The number of aryl methyl sites for hydroxylation is 3. The third-order valence-electron chi connectivity index (χ3n) is 7.69. The Morgan fingerprint density at radius 2 is 1.00 bits per heavy atom. The van der Waals surface area contributed by atoms with Crippen LogP contribution < -0.4 is 0 Å². The summed E-state index contributed by atoms with van der Waals surface area (Å²) in [5.74, 6) is 0. The number of thiophene rings is 7. The van der Waals surface area contributed by atoms with Crippen molar-refractivity contribution in [2.45, 2.75) is 20.8 Å². The van der Waals surface area contributed by atoms with Crippen LogP contribution in [0.2, 0.25) is 0 Å². The molecule has 188 valence electrons. The van der Waals surface area contributed by atoms with Crippen LogP contribution in [0.25, 0.3) is 83.9 Å². The van der Waals surface area contributed by atoms with Gasteiger partial charge in [-0.1, -0.05) is 17.7 Å².